The minimum absolute atomic E-state index is 0.0329. The maximum atomic E-state index is 14.8. The molecule has 0 aliphatic heterocycles. The van der Waals surface area contributed by atoms with Crippen molar-refractivity contribution in [1.29, 1.82) is 0 Å². The van der Waals surface area contributed by atoms with Crippen LogP contribution in [0, 0.1) is 11.7 Å². The zero-order chi connectivity index (χ0) is 23.9. The number of halogens is 1. The molecule has 34 heavy (non-hydrogen) atoms. The molecule has 1 fully saturated rings. The van der Waals surface area contributed by atoms with Crippen molar-refractivity contribution in [3.05, 3.63) is 48.4 Å². The Hall–Kier alpha value is -3.55. The van der Waals surface area contributed by atoms with Crippen LogP contribution in [0.5, 0.6) is 23.0 Å². The van der Waals surface area contributed by atoms with E-state index in [1.165, 1.54) is 51.3 Å². The van der Waals surface area contributed by atoms with Crippen LogP contribution in [0.2, 0.25) is 0 Å². The summed E-state index contributed by atoms with van der Waals surface area (Å²) >= 11 is 0. The molecule has 8 heteroatoms. The molecule has 0 unspecified atom stereocenters. The molecule has 0 spiro atoms. The molecule has 1 aromatic heterocycles. The molecule has 2 aromatic carbocycles. The predicted molar refractivity (Wildman–Crippen MR) is 130 cm³/mol. The summed E-state index contributed by atoms with van der Waals surface area (Å²) in [4.78, 5) is 16.5. The van der Waals surface area contributed by atoms with E-state index < -0.39 is 5.82 Å². The number of methoxy groups -OCH3 is 2. The van der Waals surface area contributed by atoms with Gasteiger partial charge in [0.15, 0.2) is 23.1 Å². The van der Waals surface area contributed by atoms with Crippen molar-refractivity contribution in [3.63, 3.8) is 0 Å². The molecular weight excluding hydrogens is 437 g/mol. The number of pyridine rings is 1. The number of nitrogens with zero attached hydrogens (tertiary/aromatic N) is 1. The molecule has 1 aliphatic rings. The van der Waals surface area contributed by atoms with E-state index in [-0.39, 0.29) is 11.8 Å². The molecule has 4 rings (SSSR count). The minimum Gasteiger partial charge on any atom is -0.493 e. The van der Waals surface area contributed by atoms with Gasteiger partial charge in [-0.2, -0.15) is 0 Å². The van der Waals surface area contributed by atoms with Crippen molar-refractivity contribution in [2.45, 2.75) is 38.5 Å². The van der Waals surface area contributed by atoms with Gasteiger partial charge in [0.1, 0.15) is 5.75 Å². The summed E-state index contributed by atoms with van der Waals surface area (Å²) in [6.45, 7) is 0.615. The lowest BCUT2D eigenvalue weighted by molar-refractivity contribution is 0.250. The van der Waals surface area contributed by atoms with E-state index in [9.17, 15) is 9.18 Å². The van der Waals surface area contributed by atoms with Gasteiger partial charge in [0.05, 0.1) is 19.7 Å². The van der Waals surface area contributed by atoms with Gasteiger partial charge in [-0.05, 0) is 36.6 Å². The average molecular weight is 468 g/mol. The highest BCUT2D eigenvalue weighted by atomic mass is 19.1. The highest BCUT2D eigenvalue weighted by Crippen LogP contribution is 2.37. The first-order valence-corrected chi connectivity index (χ1v) is 11.6. The van der Waals surface area contributed by atoms with Crippen molar-refractivity contribution in [2.75, 3.05) is 26.1 Å². The Labute approximate surface area is 198 Å². The minimum atomic E-state index is -0.592. The zero-order valence-corrected chi connectivity index (χ0v) is 19.5. The number of ether oxygens (including phenoxy) is 3. The number of fused-ring (bicyclic) bond motifs is 1. The summed E-state index contributed by atoms with van der Waals surface area (Å²) in [5.74, 6) is 1.61. The molecule has 2 amide bonds. The van der Waals surface area contributed by atoms with Crippen LogP contribution in [0.15, 0.2) is 42.6 Å². The fourth-order valence-corrected chi connectivity index (χ4v) is 4.36. The summed E-state index contributed by atoms with van der Waals surface area (Å²) in [6.07, 6.45) is 8.91. The first-order chi connectivity index (χ1) is 16.6. The molecular formula is C26H30FN3O4. The van der Waals surface area contributed by atoms with Crippen LogP contribution < -0.4 is 24.8 Å². The van der Waals surface area contributed by atoms with E-state index in [1.54, 1.807) is 37.6 Å². The molecule has 7 nitrogen and oxygen atoms in total. The number of aromatic nitrogens is 1. The van der Waals surface area contributed by atoms with Crippen molar-refractivity contribution < 1.29 is 23.4 Å². The normalized spacial score (nSPS) is 14.0. The summed E-state index contributed by atoms with van der Waals surface area (Å²) in [5, 5.41) is 6.19. The third-order valence-corrected chi connectivity index (χ3v) is 6.18. The van der Waals surface area contributed by atoms with Gasteiger partial charge in [-0.15, -0.1) is 0 Å². The van der Waals surface area contributed by atoms with Crippen molar-refractivity contribution in [1.82, 2.24) is 10.3 Å². The lowest BCUT2D eigenvalue weighted by Gasteiger charge is -2.21. The van der Waals surface area contributed by atoms with Crippen LogP contribution in [0.1, 0.15) is 38.5 Å². The van der Waals surface area contributed by atoms with Gasteiger partial charge >= 0.3 is 6.03 Å². The fraction of sp³-hybridized carbons (Fsp3) is 0.385. The highest BCUT2D eigenvalue weighted by Gasteiger charge is 2.15. The maximum absolute atomic E-state index is 14.8. The molecule has 1 saturated carbocycles. The number of nitrogens with one attached hydrogen (secondary N) is 2. The molecule has 2 N–H and O–H groups in total. The Bertz CT molecular complexity index is 1150. The standard InChI is InChI=1S/C26H30FN3O4/c1-32-24-15-19-21(16-25(24)33-2)28-13-11-22(19)34-23-9-8-18(14-20(23)27)30-26(31)29-12-10-17-6-4-3-5-7-17/h8-9,11,13-17H,3-7,10,12H2,1-2H3,(H2,29,30,31). The lowest BCUT2D eigenvalue weighted by atomic mass is 9.87. The van der Waals surface area contributed by atoms with E-state index >= 15 is 0 Å². The van der Waals surface area contributed by atoms with Gasteiger partial charge in [0.2, 0.25) is 0 Å². The molecule has 0 bridgehead atoms. The Balaban J connectivity index is 1.40. The van der Waals surface area contributed by atoms with Gasteiger partial charge < -0.3 is 24.8 Å². The summed E-state index contributed by atoms with van der Waals surface area (Å²) in [5.41, 5.74) is 0.977. The number of hydrogen-bond donors (Lipinski definition) is 2. The summed E-state index contributed by atoms with van der Waals surface area (Å²) in [7, 11) is 3.09. The van der Waals surface area contributed by atoms with Crippen LogP contribution in [-0.2, 0) is 0 Å². The van der Waals surface area contributed by atoms with Crippen LogP contribution in [0.3, 0.4) is 0 Å². The van der Waals surface area contributed by atoms with Gasteiger partial charge in [-0.3, -0.25) is 4.98 Å². The second-order valence-electron chi connectivity index (χ2n) is 8.45. The summed E-state index contributed by atoms with van der Waals surface area (Å²) in [6, 6.07) is 9.11. The van der Waals surface area contributed by atoms with Crippen LogP contribution in [0.4, 0.5) is 14.9 Å². The second kappa shape index (κ2) is 11.0. The Morgan fingerprint density at radius 2 is 1.76 bits per heavy atom. The highest BCUT2D eigenvalue weighted by molar-refractivity contribution is 5.90. The molecule has 1 aliphatic carbocycles. The first-order valence-electron chi connectivity index (χ1n) is 11.6. The SMILES string of the molecule is COc1cc2nccc(Oc3ccc(NC(=O)NCCC4CCCCC4)cc3F)c2cc1OC. The predicted octanol–water partition coefficient (Wildman–Crippen LogP) is 6.28. The second-order valence-corrected chi connectivity index (χ2v) is 8.45. The maximum Gasteiger partial charge on any atom is 0.319 e. The molecule has 1 heterocycles. The summed E-state index contributed by atoms with van der Waals surface area (Å²) < 4.78 is 31.3. The molecule has 3 aromatic rings. The van der Waals surface area contributed by atoms with Gasteiger partial charge in [0, 0.05) is 35.9 Å². The number of urea groups is 1. The van der Waals surface area contributed by atoms with Crippen molar-refractivity contribution in [2.24, 2.45) is 5.92 Å². The van der Waals surface area contributed by atoms with Gasteiger partial charge in [-0.1, -0.05) is 32.1 Å². The van der Waals surface area contributed by atoms with Crippen LogP contribution in [-0.4, -0.2) is 31.8 Å². The zero-order valence-electron chi connectivity index (χ0n) is 19.5. The van der Waals surface area contributed by atoms with E-state index in [2.05, 4.69) is 15.6 Å². The van der Waals surface area contributed by atoms with Crippen LogP contribution in [0.25, 0.3) is 10.9 Å². The van der Waals surface area contributed by atoms with E-state index in [1.807, 2.05) is 0 Å². The van der Waals surface area contributed by atoms with Crippen LogP contribution >= 0.6 is 0 Å². The molecule has 0 saturated heterocycles. The Kier molecular flexibility index (Phi) is 7.67. The van der Waals surface area contributed by atoms with E-state index in [0.29, 0.717) is 46.3 Å². The molecule has 0 atom stereocenters. The first kappa shape index (κ1) is 23.6. The van der Waals surface area contributed by atoms with E-state index in [0.717, 1.165) is 6.42 Å². The lowest BCUT2D eigenvalue weighted by Crippen LogP contribution is -2.30. The number of rotatable bonds is 8. The smallest absolute Gasteiger partial charge is 0.319 e. The average Bonchev–Trinajstić information content (AvgIpc) is 2.85. The van der Waals surface area contributed by atoms with Crippen molar-refractivity contribution >= 4 is 22.6 Å². The Morgan fingerprint density at radius 3 is 2.50 bits per heavy atom. The Morgan fingerprint density at radius 1 is 1.00 bits per heavy atom. The molecule has 180 valence electrons. The quantitative estimate of drug-likeness (QED) is 0.408. The number of benzene rings is 2. The van der Waals surface area contributed by atoms with Gasteiger partial charge in [0.25, 0.3) is 0 Å². The largest absolute Gasteiger partial charge is 0.493 e. The number of carbonyl (C=O) groups excluding carboxylic acids is 1. The topological polar surface area (TPSA) is 81.7 Å². The third kappa shape index (κ3) is 5.68. The fourth-order valence-electron chi connectivity index (χ4n) is 4.36. The number of hydrogen-bond acceptors (Lipinski definition) is 5. The molecule has 0 radical (unpaired) electrons. The third-order valence-electron chi connectivity index (χ3n) is 6.18. The number of amides is 2. The number of carbonyl (C=O) groups is 1. The van der Waals surface area contributed by atoms with Crippen molar-refractivity contribution in [3.8, 4) is 23.0 Å². The number of anilines is 1. The van der Waals surface area contributed by atoms with Gasteiger partial charge in [-0.25, -0.2) is 9.18 Å². The van der Waals surface area contributed by atoms with E-state index in [4.69, 9.17) is 14.2 Å². The monoisotopic (exact) mass is 467 g/mol.